The lowest BCUT2D eigenvalue weighted by Gasteiger charge is -1.73. The molecule has 1 radical (unpaired) electrons. The van der Waals surface area contributed by atoms with Crippen LogP contribution < -0.4 is 0 Å². The summed E-state index contributed by atoms with van der Waals surface area (Å²) in [7, 11) is 1.32. The van der Waals surface area contributed by atoms with E-state index in [1.54, 1.807) is 0 Å². The maximum Gasteiger partial charge on any atom is 0.550 e. The average Bonchev–Trinajstić information content (AvgIpc) is 1.65. The first-order valence-corrected chi connectivity index (χ1v) is 1.57. The zero-order chi connectivity index (χ0) is 4.99. The first kappa shape index (κ1) is 5.34. The summed E-state index contributed by atoms with van der Waals surface area (Å²) in [6.07, 6.45) is 2.25. The minimum atomic E-state index is -0.407. The molecule has 0 atom stereocenters. The quantitative estimate of drug-likeness (QED) is 0.338. The summed E-state index contributed by atoms with van der Waals surface area (Å²) >= 11 is 0. The standard InChI is InChI=1S/C4H6O2/c1-3-4(5)6-2/h1-2H3/q+1. The van der Waals surface area contributed by atoms with Crippen molar-refractivity contribution in [1.29, 1.82) is 0 Å². The molecule has 6 heavy (non-hydrogen) atoms. The Kier molecular flexibility index (Phi) is 2.29. The van der Waals surface area contributed by atoms with Gasteiger partial charge in [0.1, 0.15) is 6.92 Å². The van der Waals surface area contributed by atoms with Crippen LogP contribution in [0.2, 0.25) is 0 Å². The highest BCUT2D eigenvalue weighted by molar-refractivity contribution is 5.77. The van der Waals surface area contributed by atoms with Gasteiger partial charge in [-0.05, 0) is 0 Å². The Hall–Kier alpha value is -0.660. The van der Waals surface area contributed by atoms with Gasteiger partial charge in [0.2, 0.25) is 0 Å². The van der Waals surface area contributed by atoms with Crippen LogP contribution in [-0.4, -0.2) is 13.1 Å². The minimum Gasteiger partial charge on any atom is -0.430 e. The summed E-state index contributed by atoms with van der Waals surface area (Å²) in [5.41, 5.74) is 0. The molecule has 0 spiro atoms. The lowest BCUT2D eigenvalue weighted by Crippen LogP contribution is -1.95. The number of methoxy groups -OCH3 is 1. The second kappa shape index (κ2) is 2.57. The molecule has 2 nitrogen and oxygen atoms in total. The van der Waals surface area contributed by atoms with Crippen LogP contribution in [0.25, 0.3) is 0 Å². The predicted octanol–water partition coefficient (Wildman–Crippen LogP) is 0.261. The molecule has 0 unspecified atom stereocenters. The van der Waals surface area contributed by atoms with Crippen LogP contribution in [-0.2, 0) is 9.53 Å². The molecular formula is C4H6O2+. The summed E-state index contributed by atoms with van der Waals surface area (Å²) < 4.78 is 4.15. The van der Waals surface area contributed by atoms with E-state index in [1.807, 2.05) is 0 Å². The Morgan fingerprint density at radius 3 is 2.33 bits per heavy atom. The van der Waals surface area contributed by atoms with E-state index in [9.17, 15) is 4.79 Å². The predicted molar refractivity (Wildman–Crippen MR) is 20.9 cm³/mol. The number of hydrogen-bond acceptors (Lipinski definition) is 2. The average molecular weight is 86.1 g/mol. The zero-order valence-electron chi connectivity index (χ0n) is 3.82. The van der Waals surface area contributed by atoms with Gasteiger partial charge in [0.25, 0.3) is 0 Å². The van der Waals surface area contributed by atoms with Crippen molar-refractivity contribution in [3.8, 4) is 0 Å². The first-order chi connectivity index (χ1) is 2.81. The molecule has 0 N–H and O–H groups in total. The van der Waals surface area contributed by atoms with Gasteiger partial charge >= 0.3 is 12.4 Å². The maximum absolute atomic E-state index is 9.85. The molecule has 0 bridgehead atoms. The smallest absolute Gasteiger partial charge is 0.430 e. The van der Waals surface area contributed by atoms with Gasteiger partial charge in [-0.2, -0.15) is 4.79 Å². The summed E-state index contributed by atoms with van der Waals surface area (Å²) in [5, 5.41) is 0. The number of hydrogen-bond donors (Lipinski definition) is 0. The third-order valence-electron chi connectivity index (χ3n) is 0.390. The van der Waals surface area contributed by atoms with E-state index < -0.39 is 5.97 Å². The van der Waals surface area contributed by atoms with Crippen molar-refractivity contribution < 1.29 is 9.53 Å². The SMILES string of the molecule is C[C+]C(=O)OC. The molecule has 0 aromatic carbocycles. The van der Waals surface area contributed by atoms with Gasteiger partial charge in [0.05, 0.1) is 7.11 Å². The van der Waals surface area contributed by atoms with Crippen LogP contribution in [0.5, 0.6) is 0 Å². The second-order valence-electron chi connectivity index (χ2n) is 0.742. The van der Waals surface area contributed by atoms with Gasteiger partial charge in [0, 0.05) is 0 Å². The first-order valence-electron chi connectivity index (χ1n) is 1.57. The number of ether oxygens (including phenoxy) is 1. The Labute approximate surface area is 37.1 Å². The fourth-order valence-corrected chi connectivity index (χ4v) is 0.102. The summed E-state index contributed by atoms with van der Waals surface area (Å²) in [5.74, 6) is -0.407. The lowest BCUT2D eigenvalue weighted by molar-refractivity contribution is -0.136. The molecule has 0 aliphatic carbocycles. The van der Waals surface area contributed by atoms with Crippen molar-refractivity contribution in [3.63, 3.8) is 0 Å². The van der Waals surface area contributed by atoms with Gasteiger partial charge in [-0.15, -0.1) is 0 Å². The largest absolute Gasteiger partial charge is 0.550 e. The molecule has 0 amide bonds. The highest BCUT2D eigenvalue weighted by atomic mass is 16.5. The minimum absolute atomic E-state index is 0.407. The van der Waals surface area contributed by atoms with E-state index in [0.29, 0.717) is 0 Å². The van der Waals surface area contributed by atoms with E-state index >= 15 is 0 Å². The Bertz CT molecular complexity index is 43.5. The molecule has 0 aliphatic rings. The van der Waals surface area contributed by atoms with Crippen molar-refractivity contribution in [1.82, 2.24) is 0 Å². The van der Waals surface area contributed by atoms with Gasteiger partial charge in [0.15, 0.2) is 0 Å². The molecule has 0 aromatic heterocycles. The van der Waals surface area contributed by atoms with Crippen LogP contribution in [0.3, 0.4) is 0 Å². The fraction of sp³-hybridized carbons (Fsp3) is 0.500. The number of carbonyl (C=O) groups excluding carboxylic acids is 1. The molecule has 0 heterocycles. The molecule has 0 saturated heterocycles. The maximum atomic E-state index is 9.85. The van der Waals surface area contributed by atoms with Gasteiger partial charge in [-0.3, -0.25) is 0 Å². The summed E-state index contributed by atoms with van der Waals surface area (Å²) in [6, 6.07) is 0. The zero-order valence-corrected chi connectivity index (χ0v) is 3.82. The third-order valence-corrected chi connectivity index (χ3v) is 0.390. The van der Waals surface area contributed by atoms with Crippen LogP contribution in [0, 0.1) is 6.42 Å². The van der Waals surface area contributed by atoms with Gasteiger partial charge in [-0.25, -0.2) is 0 Å². The number of esters is 1. The molecule has 0 fully saturated rings. The Morgan fingerprint density at radius 1 is 1.83 bits per heavy atom. The third kappa shape index (κ3) is 1.64. The second-order valence-corrected chi connectivity index (χ2v) is 0.742. The van der Waals surface area contributed by atoms with E-state index in [1.165, 1.54) is 14.0 Å². The topological polar surface area (TPSA) is 26.3 Å². The van der Waals surface area contributed by atoms with Gasteiger partial charge in [-0.1, -0.05) is 0 Å². The van der Waals surface area contributed by atoms with Crippen molar-refractivity contribution >= 4 is 5.97 Å². The molecule has 0 rings (SSSR count). The summed E-state index contributed by atoms with van der Waals surface area (Å²) in [6.45, 7) is 1.51. The van der Waals surface area contributed by atoms with Gasteiger partial charge < -0.3 is 4.74 Å². The van der Waals surface area contributed by atoms with E-state index in [0.717, 1.165) is 0 Å². The molecule has 33 valence electrons. The van der Waals surface area contributed by atoms with Crippen molar-refractivity contribution in [3.05, 3.63) is 6.42 Å². The number of carbonyl (C=O) groups is 1. The monoisotopic (exact) mass is 86.0 g/mol. The molecule has 0 aliphatic heterocycles. The highest BCUT2D eigenvalue weighted by Crippen LogP contribution is 1.74. The van der Waals surface area contributed by atoms with Crippen molar-refractivity contribution in [2.24, 2.45) is 0 Å². The van der Waals surface area contributed by atoms with Crippen LogP contribution in [0.4, 0.5) is 0 Å². The van der Waals surface area contributed by atoms with Crippen molar-refractivity contribution in [2.45, 2.75) is 6.92 Å². The molecule has 2 heteroatoms. The van der Waals surface area contributed by atoms with Crippen LogP contribution in [0.15, 0.2) is 0 Å². The Balaban J connectivity index is 2.99. The number of rotatable bonds is 1. The summed E-state index contributed by atoms with van der Waals surface area (Å²) in [4.78, 5) is 9.85. The lowest BCUT2D eigenvalue weighted by atomic mass is 10.5. The fourth-order valence-electron chi connectivity index (χ4n) is 0.102. The Morgan fingerprint density at radius 2 is 2.33 bits per heavy atom. The molecule has 0 aromatic rings. The van der Waals surface area contributed by atoms with E-state index in [2.05, 4.69) is 11.2 Å². The normalized spacial score (nSPS) is 7.00. The van der Waals surface area contributed by atoms with Crippen molar-refractivity contribution in [2.75, 3.05) is 7.11 Å². The van der Waals surface area contributed by atoms with E-state index in [4.69, 9.17) is 0 Å². The molecule has 0 saturated carbocycles. The van der Waals surface area contributed by atoms with Crippen LogP contribution in [0.1, 0.15) is 6.92 Å². The van der Waals surface area contributed by atoms with Crippen LogP contribution >= 0.6 is 0 Å². The highest BCUT2D eigenvalue weighted by Gasteiger charge is 2.10. The molecular weight excluding hydrogens is 80.0 g/mol. The van der Waals surface area contributed by atoms with E-state index in [-0.39, 0.29) is 0 Å².